The number of aryl methyl sites for hydroxylation is 2. The van der Waals surface area contributed by atoms with E-state index >= 15 is 0 Å². The Labute approximate surface area is 190 Å². The molecule has 156 valence electrons. The highest BCUT2D eigenvalue weighted by molar-refractivity contribution is 6.31. The molecule has 3 aromatic carbocycles. The summed E-state index contributed by atoms with van der Waals surface area (Å²) in [6.07, 6.45) is 0.934. The van der Waals surface area contributed by atoms with Crippen molar-refractivity contribution in [2.45, 2.75) is 20.3 Å². The van der Waals surface area contributed by atoms with Crippen molar-refractivity contribution in [3.63, 3.8) is 0 Å². The molecule has 4 rings (SSSR count). The lowest BCUT2D eigenvalue weighted by Gasteiger charge is -2.07. The quantitative estimate of drug-likeness (QED) is 0.384. The molecule has 1 amide bonds. The Morgan fingerprint density at radius 3 is 2.35 bits per heavy atom. The van der Waals surface area contributed by atoms with Crippen molar-refractivity contribution in [2.24, 2.45) is 0 Å². The van der Waals surface area contributed by atoms with Crippen molar-refractivity contribution in [2.75, 3.05) is 5.32 Å². The smallest absolute Gasteiger partial charge is 0.295 e. The first kappa shape index (κ1) is 21.1. The first-order chi connectivity index (χ1) is 14.9. The molecule has 0 aliphatic heterocycles. The molecule has 0 saturated carbocycles. The van der Waals surface area contributed by atoms with Gasteiger partial charge in [0.05, 0.1) is 5.69 Å². The molecule has 5 nitrogen and oxygen atoms in total. The number of carbonyl (C=O) groups is 1. The van der Waals surface area contributed by atoms with Gasteiger partial charge in [-0.05, 0) is 73.0 Å². The minimum Gasteiger partial charge on any atom is -0.319 e. The van der Waals surface area contributed by atoms with Crippen LogP contribution in [-0.2, 0) is 6.42 Å². The Morgan fingerprint density at radius 1 is 1.00 bits per heavy atom. The minimum absolute atomic E-state index is 0.0567. The van der Waals surface area contributed by atoms with Crippen LogP contribution in [0.2, 0.25) is 10.0 Å². The van der Waals surface area contributed by atoms with Crippen molar-refractivity contribution in [1.29, 1.82) is 0 Å². The van der Waals surface area contributed by atoms with Crippen LogP contribution in [0.25, 0.3) is 17.1 Å². The molecule has 0 atom stereocenters. The van der Waals surface area contributed by atoms with Crippen molar-refractivity contribution in [3.05, 3.63) is 93.7 Å². The van der Waals surface area contributed by atoms with E-state index in [0.717, 1.165) is 17.5 Å². The van der Waals surface area contributed by atoms with Gasteiger partial charge in [-0.1, -0.05) is 48.3 Å². The number of carbonyl (C=O) groups excluding carboxylic acids is 1. The lowest BCUT2D eigenvalue weighted by Crippen LogP contribution is -2.14. The van der Waals surface area contributed by atoms with E-state index < -0.39 is 5.91 Å². The molecule has 0 fully saturated rings. The summed E-state index contributed by atoms with van der Waals surface area (Å²) in [4.78, 5) is 17.4. The number of aromatic nitrogens is 3. The molecule has 4 aromatic rings. The fraction of sp³-hybridized carbons (Fsp3) is 0.125. The zero-order chi connectivity index (χ0) is 22.0. The van der Waals surface area contributed by atoms with Crippen LogP contribution < -0.4 is 5.32 Å². The van der Waals surface area contributed by atoms with E-state index in [4.69, 9.17) is 23.2 Å². The first-order valence-corrected chi connectivity index (χ1v) is 10.6. The summed E-state index contributed by atoms with van der Waals surface area (Å²) >= 11 is 12.4. The number of halogens is 2. The van der Waals surface area contributed by atoms with Gasteiger partial charge in [-0.25, -0.2) is 9.67 Å². The van der Waals surface area contributed by atoms with Gasteiger partial charge in [0, 0.05) is 21.3 Å². The summed E-state index contributed by atoms with van der Waals surface area (Å²) in [6.45, 7) is 4.01. The maximum atomic E-state index is 12.9. The second-order valence-electron chi connectivity index (χ2n) is 7.12. The van der Waals surface area contributed by atoms with Gasteiger partial charge in [0.15, 0.2) is 5.82 Å². The molecule has 0 spiro atoms. The van der Waals surface area contributed by atoms with E-state index in [-0.39, 0.29) is 5.82 Å². The fourth-order valence-corrected chi connectivity index (χ4v) is 3.40. The predicted octanol–water partition coefficient (Wildman–Crippen LogP) is 6.36. The molecule has 0 radical (unpaired) electrons. The molecule has 1 aromatic heterocycles. The van der Waals surface area contributed by atoms with Gasteiger partial charge >= 0.3 is 0 Å². The Balaban J connectivity index is 1.73. The van der Waals surface area contributed by atoms with E-state index in [1.807, 2.05) is 55.5 Å². The highest BCUT2D eigenvalue weighted by Gasteiger charge is 2.19. The molecule has 0 unspecified atom stereocenters. The molecular formula is C24H20Cl2N4O. The van der Waals surface area contributed by atoms with Crippen LogP contribution in [0, 0.1) is 6.92 Å². The SMILES string of the molecule is CCc1ccc(NC(=O)c2nc(-c3ccc(Cl)cc3)n(-c3ccc(C)c(Cl)c3)n2)cc1. The number of amides is 1. The first-order valence-electron chi connectivity index (χ1n) is 9.84. The Kier molecular flexibility index (Phi) is 6.07. The Bertz CT molecular complexity index is 1230. The van der Waals surface area contributed by atoms with Crippen molar-refractivity contribution >= 4 is 34.8 Å². The summed E-state index contributed by atoms with van der Waals surface area (Å²) in [5, 5.41) is 8.56. The molecule has 0 aliphatic rings. The topological polar surface area (TPSA) is 59.8 Å². The highest BCUT2D eigenvalue weighted by Crippen LogP contribution is 2.26. The third-order valence-corrected chi connectivity index (χ3v) is 5.59. The van der Waals surface area contributed by atoms with Gasteiger partial charge in [-0.15, -0.1) is 5.10 Å². The Hall–Kier alpha value is -3.15. The maximum Gasteiger partial charge on any atom is 0.295 e. The summed E-state index contributed by atoms with van der Waals surface area (Å²) in [5.74, 6) is 0.181. The standard InChI is InChI=1S/C24H20Cl2N4O/c1-3-16-5-11-19(12-6-16)27-24(31)22-28-23(17-7-9-18(25)10-8-17)30(29-22)20-13-4-15(2)21(26)14-20/h4-14H,3H2,1-2H3,(H,27,31). The van der Waals surface area contributed by atoms with Crippen molar-refractivity contribution in [3.8, 4) is 17.1 Å². The number of hydrogen-bond acceptors (Lipinski definition) is 3. The van der Waals surface area contributed by atoms with Gasteiger partial charge in [0.2, 0.25) is 5.82 Å². The molecule has 0 bridgehead atoms. The third-order valence-electron chi connectivity index (χ3n) is 4.93. The van der Waals surface area contributed by atoms with E-state index in [9.17, 15) is 4.79 Å². The summed E-state index contributed by atoms with van der Waals surface area (Å²) in [5.41, 5.74) is 4.32. The second kappa shape index (κ2) is 8.92. The van der Waals surface area contributed by atoms with Crippen LogP contribution in [0.1, 0.15) is 28.7 Å². The van der Waals surface area contributed by atoms with E-state index in [0.29, 0.717) is 27.2 Å². The van der Waals surface area contributed by atoms with Crippen LogP contribution in [-0.4, -0.2) is 20.7 Å². The van der Waals surface area contributed by atoms with E-state index in [2.05, 4.69) is 22.3 Å². The van der Waals surface area contributed by atoms with Gasteiger partial charge in [-0.3, -0.25) is 4.79 Å². The number of nitrogens with zero attached hydrogens (tertiary/aromatic N) is 3. The summed E-state index contributed by atoms with van der Waals surface area (Å²) in [6, 6.07) is 20.5. The fourth-order valence-electron chi connectivity index (χ4n) is 3.10. The largest absolute Gasteiger partial charge is 0.319 e. The lowest BCUT2D eigenvalue weighted by atomic mass is 10.1. The number of benzene rings is 3. The van der Waals surface area contributed by atoms with E-state index in [1.165, 1.54) is 5.56 Å². The monoisotopic (exact) mass is 450 g/mol. The minimum atomic E-state index is -0.392. The number of nitrogens with one attached hydrogen (secondary N) is 1. The predicted molar refractivity (Wildman–Crippen MR) is 125 cm³/mol. The molecule has 0 aliphatic carbocycles. The molecule has 31 heavy (non-hydrogen) atoms. The van der Waals surface area contributed by atoms with Gasteiger partial charge in [0.1, 0.15) is 0 Å². The average molecular weight is 451 g/mol. The lowest BCUT2D eigenvalue weighted by molar-refractivity contribution is 0.101. The third kappa shape index (κ3) is 4.63. The van der Waals surface area contributed by atoms with Gasteiger partial charge in [-0.2, -0.15) is 0 Å². The van der Waals surface area contributed by atoms with Crippen LogP contribution >= 0.6 is 23.2 Å². The van der Waals surface area contributed by atoms with Crippen LogP contribution in [0.5, 0.6) is 0 Å². The second-order valence-corrected chi connectivity index (χ2v) is 7.96. The Morgan fingerprint density at radius 2 is 1.71 bits per heavy atom. The normalized spacial score (nSPS) is 10.8. The van der Waals surface area contributed by atoms with Crippen molar-refractivity contribution < 1.29 is 4.79 Å². The van der Waals surface area contributed by atoms with Crippen LogP contribution in [0.3, 0.4) is 0 Å². The summed E-state index contributed by atoms with van der Waals surface area (Å²) < 4.78 is 1.61. The average Bonchev–Trinajstić information content (AvgIpc) is 3.22. The van der Waals surface area contributed by atoms with Crippen LogP contribution in [0.15, 0.2) is 66.7 Å². The van der Waals surface area contributed by atoms with Gasteiger partial charge in [0.25, 0.3) is 5.91 Å². The summed E-state index contributed by atoms with van der Waals surface area (Å²) in [7, 11) is 0. The number of anilines is 1. The molecule has 1 heterocycles. The molecule has 7 heteroatoms. The molecule has 1 N–H and O–H groups in total. The number of hydrogen-bond donors (Lipinski definition) is 1. The van der Waals surface area contributed by atoms with Crippen molar-refractivity contribution in [1.82, 2.24) is 14.8 Å². The van der Waals surface area contributed by atoms with Gasteiger partial charge < -0.3 is 5.32 Å². The highest BCUT2D eigenvalue weighted by atomic mass is 35.5. The van der Waals surface area contributed by atoms with E-state index in [1.54, 1.807) is 22.9 Å². The zero-order valence-electron chi connectivity index (χ0n) is 17.1. The number of rotatable bonds is 5. The molecular weight excluding hydrogens is 431 g/mol. The maximum absolute atomic E-state index is 12.9. The van der Waals surface area contributed by atoms with Crippen LogP contribution in [0.4, 0.5) is 5.69 Å². The molecule has 0 saturated heterocycles. The zero-order valence-corrected chi connectivity index (χ0v) is 18.6.